The molecule has 1 atom stereocenters. The lowest BCUT2D eigenvalue weighted by molar-refractivity contribution is -0.129. The van der Waals surface area contributed by atoms with Crippen LogP contribution in [0.5, 0.6) is 0 Å². The Balaban J connectivity index is 1.54. The van der Waals surface area contributed by atoms with Gasteiger partial charge in [-0.15, -0.1) is 0 Å². The molecule has 0 bridgehead atoms. The van der Waals surface area contributed by atoms with E-state index >= 15 is 0 Å². The molecular weight excluding hydrogens is 362 g/mol. The summed E-state index contributed by atoms with van der Waals surface area (Å²) >= 11 is 0. The van der Waals surface area contributed by atoms with Crippen LogP contribution < -0.4 is 10.2 Å². The average Bonchev–Trinajstić information content (AvgIpc) is 2.75. The normalized spacial score (nSPS) is 18.3. The predicted molar refractivity (Wildman–Crippen MR) is 116 cm³/mol. The number of anilines is 2. The largest absolute Gasteiger partial charge is 0.370 e. The van der Waals surface area contributed by atoms with E-state index in [4.69, 9.17) is 0 Å². The molecule has 1 saturated heterocycles. The molecule has 2 aliphatic heterocycles. The van der Waals surface area contributed by atoms with E-state index in [1.54, 1.807) is 11.1 Å². The first-order chi connectivity index (χ1) is 14.1. The lowest BCUT2D eigenvalue weighted by atomic mass is 9.93. The molecule has 0 unspecified atom stereocenters. The number of nitrogens with one attached hydrogen (secondary N) is 1. The van der Waals surface area contributed by atoms with Gasteiger partial charge in [0.25, 0.3) is 0 Å². The second-order valence-electron chi connectivity index (χ2n) is 7.70. The van der Waals surface area contributed by atoms with Gasteiger partial charge in [-0.2, -0.15) is 0 Å². The zero-order chi connectivity index (χ0) is 20.2. The summed E-state index contributed by atoms with van der Waals surface area (Å²) in [4.78, 5) is 29.2. The molecule has 0 aromatic heterocycles. The van der Waals surface area contributed by atoms with Crippen molar-refractivity contribution in [2.45, 2.75) is 38.6 Å². The number of carbonyl (C=O) groups excluding carboxylic acids is 2. The van der Waals surface area contributed by atoms with E-state index in [9.17, 15) is 9.59 Å². The van der Waals surface area contributed by atoms with Crippen LogP contribution in [0.15, 0.2) is 54.7 Å². The van der Waals surface area contributed by atoms with Gasteiger partial charge in [0.05, 0.1) is 23.8 Å². The number of piperidine rings is 1. The van der Waals surface area contributed by atoms with Crippen LogP contribution in [-0.2, 0) is 9.59 Å². The van der Waals surface area contributed by atoms with Gasteiger partial charge in [-0.1, -0.05) is 36.4 Å². The van der Waals surface area contributed by atoms with Crippen LogP contribution in [0.2, 0.25) is 0 Å². The number of hydrogen-bond acceptors (Lipinski definition) is 3. The molecule has 1 N–H and O–H groups in total. The molecule has 0 aliphatic carbocycles. The maximum atomic E-state index is 13.0. The zero-order valence-corrected chi connectivity index (χ0v) is 16.8. The molecule has 5 nitrogen and oxygen atoms in total. The first-order valence-electron chi connectivity index (χ1n) is 10.3. The molecular formula is C24H27N3O2. The lowest BCUT2D eigenvalue weighted by Crippen LogP contribution is -2.34. The standard InChI is InChI=1S/C24H27N3O2/c1-18(28)27-16-13-19-9-3-4-10-20(19)23(27)17-24(29)25-21-11-5-6-12-22(21)26-14-7-2-8-15-26/h3-6,9-13,16,23H,2,7-8,14-15,17H2,1H3,(H,25,29)/t23-/m1/s1. The predicted octanol–water partition coefficient (Wildman–Crippen LogP) is 4.58. The average molecular weight is 389 g/mol. The molecule has 0 radical (unpaired) electrons. The van der Waals surface area contributed by atoms with Gasteiger partial charge in [-0.25, -0.2) is 0 Å². The molecule has 2 aliphatic rings. The quantitative estimate of drug-likeness (QED) is 0.833. The highest BCUT2D eigenvalue weighted by atomic mass is 16.2. The first kappa shape index (κ1) is 19.2. The molecule has 4 rings (SSSR count). The number of amides is 2. The monoisotopic (exact) mass is 389 g/mol. The number of nitrogens with zero attached hydrogens (tertiary/aromatic N) is 2. The van der Waals surface area contributed by atoms with E-state index in [1.807, 2.05) is 48.5 Å². The second kappa shape index (κ2) is 8.52. The van der Waals surface area contributed by atoms with Crippen LogP contribution >= 0.6 is 0 Å². The highest BCUT2D eigenvalue weighted by molar-refractivity contribution is 5.95. The molecule has 0 saturated carbocycles. The summed E-state index contributed by atoms with van der Waals surface area (Å²) in [6.45, 7) is 3.58. The fourth-order valence-electron chi connectivity index (χ4n) is 4.28. The topological polar surface area (TPSA) is 52.7 Å². The van der Waals surface area contributed by atoms with Crippen molar-refractivity contribution in [1.82, 2.24) is 4.90 Å². The van der Waals surface area contributed by atoms with Gasteiger partial charge in [-0.3, -0.25) is 9.59 Å². The Morgan fingerprint density at radius 3 is 2.52 bits per heavy atom. The van der Waals surface area contributed by atoms with E-state index in [1.165, 1.54) is 26.2 Å². The summed E-state index contributed by atoms with van der Waals surface area (Å²) in [5.41, 5.74) is 3.97. The molecule has 150 valence electrons. The van der Waals surface area contributed by atoms with Crippen LogP contribution in [0.4, 0.5) is 11.4 Å². The Morgan fingerprint density at radius 1 is 1.00 bits per heavy atom. The van der Waals surface area contributed by atoms with Crippen molar-refractivity contribution in [3.63, 3.8) is 0 Å². The van der Waals surface area contributed by atoms with Gasteiger partial charge < -0.3 is 15.1 Å². The fraction of sp³-hybridized carbons (Fsp3) is 0.333. The van der Waals surface area contributed by atoms with Crippen LogP contribution in [-0.4, -0.2) is 29.8 Å². The fourth-order valence-corrected chi connectivity index (χ4v) is 4.28. The van der Waals surface area contributed by atoms with Crippen LogP contribution in [0.1, 0.15) is 49.8 Å². The van der Waals surface area contributed by atoms with Crippen molar-refractivity contribution in [1.29, 1.82) is 0 Å². The van der Waals surface area contributed by atoms with Crippen molar-refractivity contribution in [2.75, 3.05) is 23.3 Å². The SMILES string of the molecule is CC(=O)N1C=Cc2ccccc2[C@H]1CC(=O)Nc1ccccc1N1CCCCC1. The number of carbonyl (C=O) groups is 2. The Labute approximate surface area is 172 Å². The molecule has 2 amide bonds. The molecule has 2 heterocycles. The molecule has 5 heteroatoms. The molecule has 2 aromatic carbocycles. The molecule has 0 spiro atoms. The summed E-state index contributed by atoms with van der Waals surface area (Å²) in [6.07, 6.45) is 7.55. The zero-order valence-electron chi connectivity index (χ0n) is 16.8. The van der Waals surface area contributed by atoms with Crippen molar-refractivity contribution < 1.29 is 9.59 Å². The van der Waals surface area contributed by atoms with E-state index in [0.29, 0.717) is 0 Å². The van der Waals surface area contributed by atoms with E-state index in [2.05, 4.69) is 16.3 Å². The second-order valence-corrected chi connectivity index (χ2v) is 7.70. The first-order valence-corrected chi connectivity index (χ1v) is 10.3. The van der Waals surface area contributed by atoms with Gasteiger partial charge in [0.2, 0.25) is 11.8 Å². The van der Waals surface area contributed by atoms with Gasteiger partial charge in [0.1, 0.15) is 0 Å². The highest BCUT2D eigenvalue weighted by Crippen LogP contribution is 2.34. The Bertz CT molecular complexity index is 931. The van der Waals surface area contributed by atoms with Gasteiger partial charge in [0.15, 0.2) is 0 Å². The minimum absolute atomic E-state index is 0.0673. The molecule has 29 heavy (non-hydrogen) atoms. The number of rotatable bonds is 4. The van der Waals surface area contributed by atoms with Gasteiger partial charge in [-0.05, 0) is 48.6 Å². The van der Waals surface area contributed by atoms with Crippen molar-refractivity contribution in [3.8, 4) is 0 Å². The Kier molecular flexibility index (Phi) is 5.65. The highest BCUT2D eigenvalue weighted by Gasteiger charge is 2.28. The number of hydrogen-bond donors (Lipinski definition) is 1. The van der Waals surface area contributed by atoms with Crippen molar-refractivity contribution in [2.24, 2.45) is 0 Å². The van der Waals surface area contributed by atoms with Gasteiger partial charge in [0, 0.05) is 26.2 Å². The smallest absolute Gasteiger partial charge is 0.226 e. The van der Waals surface area contributed by atoms with Crippen LogP contribution in [0.3, 0.4) is 0 Å². The summed E-state index contributed by atoms with van der Waals surface area (Å²) in [6, 6.07) is 15.6. The number of para-hydroxylation sites is 2. The minimum Gasteiger partial charge on any atom is -0.370 e. The van der Waals surface area contributed by atoms with Gasteiger partial charge >= 0.3 is 0 Å². The van der Waals surface area contributed by atoms with Crippen LogP contribution in [0, 0.1) is 0 Å². The minimum atomic E-state index is -0.296. The molecule has 1 fully saturated rings. The third kappa shape index (κ3) is 4.19. The Hall–Kier alpha value is -3.08. The van der Waals surface area contributed by atoms with E-state index in [-0.39, 0.29) is 24.3 Å². The molecule has 2 aromatic rings. The van der Waals surface area contributed by atoms with Crippen molar-refractivity contribution >= 4 is 29.3 Å². The van der Waals surface area contributed by atoms with Crippen LogP contribution in [0.25, 0.3) is 6.08 Å². The lowest BCUT2D eigenvalue weighted by Gasteiger charge is -2.33. The summed E-state index contributed by atoms with van der Waals surface area (Å²) in [7, 11) is 0. The van der Waals surface area contributed by atoms with E-state index < -0.39 is 0 Å². The maximum absolute atomic E-state index is 13.0. The maximum Gasteiger partial charge on any atom is 0.226 e. The summed E-state index contributed by atoms with van der Waals surface area (Å²) < 4.78 is 0. The Morgan fingerprint density at radius 2 is 1.72 bits per heavy atom. The third-order valence-corrected chi connectivity index (χ3v) is 5.72. The third-order valence-electron chi connectivity index (χ3n) is 5.72. The number of fused-ring (bicyclic) bond motifs is 1. The summed E-state index contributed by atoms with van der Waals surface area (Å²) in [5, 5.41) is 3.10. The summed E-state index contributed by atoms with van der Waals surface area (Å²) in [5.74, 6) is -0.155. The van der Waals surface area contributed by atoms with Crippen molar-refractivity contribution in [3.05, 3.63) is 65.9 Å². The van der Waals surface area contributed by atoms with E-state index in [0.717, 1.165) is 35.6 Å². The number of benzene rings is 2.